The first kappa shape index (κ1) is 20.4. The maximum atomic E-state index is 12.1. The highest BCUT2D eigenvalue weighted by Gasteiger charge is 2.21. The van der Waals surface area contributed by atoms with Gasteiger partial charge in [-0.15, -0.1) is 0 Å². The average Bonchev–Trinajstić information content (AvgIpc) is 2.50. The lowest BCUT2D eigenvalue weighted by atomic mass is 10.2. The molecular formula is C17H23IN2O4. The molecule has 0 atom stereocenters. The molecule has 0 radical (unpaired) electrons. The first-order chi connectivity index (χ1) is 11.2. The zero-order valence-corrected chi connectivity index (χ0v) is 16.5. The lowest BCUT2D eigenvalue weighted by Gasteiger charge is -2.30. The molecule has 24 heavy (non-hydrogen) atoms. The summed E-state index contributed by atoms with van der Waals surface area (Å²) in [5, 5.41) is 2.49. The number of benzene rings is 1. The third kappa shape index (κ3) is 6.10. The second kappa shape index (κ2) is 9.61. The highest BCUT2D eigenvalue weighted by Crippen LogP contribution is 2.11. The van der Waals surface area contributed by atoms with Gasteiger partial charge in [0.1, 0.15) is 6.54 Å². The largest absolute Gasteiger partial charge is 0.454 e. The number of carbonyl (C=O) groups excluding carboxylic acids is 3. The van der Waals surface area contributed by atoms with Crippen molar-refractivity contribution < 1.29 is 19.1 Å². The number of rotatable bonds is 7. The van der Waals surface area contributed by atoms with E-state index in [0.29, 0.717) is 5.56 Å². The molecular weight excluding hydrogens is 423 g/mol. The van der Waals surface area contributed by atoms with Crippen molar-refractivity contribution in [1.82, 2.24) is 10.2 Å². The number of hydrogen-bond acceptors (Lipinski definition) is 4. The van der Waals surface area contributed by atoms with Crippen LogP contribution in [0.25, 0.3) is 0 Å². The van der Waals surface area contributed by atoms with Crippen LogP contribution in [0.2, 0.25) is 0 Å². The van der Waals surface area contributed by atoms with E-state index in [4.69, 9.17) is 4.74 Å². The predicted octanol–water partition coefficient (Wildman–Crippen LogP) is 2.21. The number of carbonyl (C=O) groups is 3. The lowest BCUT2D eigenvalue weighted by Crippen LogP contribution is -2.44. The van der Waals surface area contributed by atoms with Crippen LogP contribution in [0.1, 0.15) is 38.1 Å². The molecule has 2 amide bonds. The van der Waals surface area contributed by atoms with Crippen molar-refractivity contribution in [1.29, 1.82) is 0 Å². The molecule has 6 nitrogen and oxygen atoms in total. The zero-order chi connectivity index (χ0) is 18.3. The van der Waals surface area contributed by atoms with E-state index in [0.717, 1.165) is 3.57 Å². The quantitative estimate of drug-likeness (QED) is 0.515. The molecule has 0 aliphatic rings. The molecule has 0 saturated carbocycles. The third-order valence-electron chi connectivity index (χ3n) is 3.27. The second-order valence-corrected chi connectivity index (χ2v) is 6.97. The molecule has 0 aliphatic carbocycles. The van der Waals surface area contributed by atoms with Crippen molar-refractivity contribution in [3.63, 3.8) is 0 Å². The fourth-order valence-corrected chi connectivity index (χ4v) is 2.97. The van der Waals surface area contributed by atoms with Crippen molar-refractivity contribution in [2.24, 2.45) is 0 Å². The molecule has 0 heterocycles. The molecule has 0 spiro atoms. The first-order valence-corrected chi connectivity index (χ1v) is 8.81. The van der Waals surface area contributed by atoms with E-state index < -0.39 is 5.97 Å². The Bertz CT molecular complexity index is 594. The van der Waals surface area contributed by atoms with Crippen LogP contribution in [0.3, 0.4) is 0 Å². The minimum Gasteiger partial charge on any atom is -0.454 e. The number of nitrogens with zero attached hydrogens (tertiary/aromatic N) is 1. The molecule has 1 rings (SSSR count). The van der Waals surface area contributed by atoms with Gasteiger partial charge < -0.3 is 15.0 Å². The van der Waals surface area contributed by atoms with Gasteiger partial charge in [0.05, 0.1) is 5.56 Å². The topological polar surface area (TPSA) is 75.7 Å². The fraction of sp³-hybridized carbons (Fsp3) is 0.471. The molecule has 0 bridgehead atoms. The molecule has 0 saturated heterocycles. The number of halogens is 1. The van der Waals surface area contributed by atoms with Crippen LogP contribution >= 0.6 is 22.6 Å². The van der Waals surface area contributed by atoms with Crippen LogP contribution in [0.4, 0.5) is 0 Å². The summed E-state index contributed by atoms with van der Waals surface area (Å²) in [7, 11) is 0. The molecule has 0 aliphatic heterocycles. The maximum absolute atomic E-state index is 12.1. The monoisotopic (exact) mass is 446 g/mol. The highest BCUT2D eigenvalue weighted by atomic mass is 127. The summed E-state index contributed by atoms with van der Waals surface area (Å²) >= 11 is 2.05. The Morgan fingerprint density at radius 1 is 1.12 bits per heavy atom. The lowest BCUT2D eigenvalue weighted by molar-refractivity contribution is -0.152. The van der Waals surface area contributed by atoms with Gasteiger partial charge >= 0.3 is 5.97 Å². The smallest absolute Gasteiger partial charge is 0.325 e. The Labute approximate surface area is 156 Å². The van der Waals surface area contributed by atoms with Gasteiger partial charge in [0.2, 0.25) is 0 Å². The number of nitrogens with one attached hydrogen (secondary N) is 1. The van der Waals surface area contributed by atoms with E-state index in [1.54, 1.807) is 23.1 Å². The number of hydrogen-bond donors (Lipinski definition) is 1. The Morgan fingerprint density at radius 2 is 1.71 bits per heavy atom. The summed E-state index contributed by atoms with van der Waals surface area (Å²) in [6.07, 6.45) is 0. The Balaban J connectivity index is 2.46. The van der Waals surface area contributed by atoms with Crippen molar-refractivity contribution in [3.05, 3.63) is 33.4 Å². The van der Waals surface area contributed by atoms with Gasteiger partial charge in [-0.05, 0) is 62.4 Å². The van der Waals surface area contributed by atoms with Gasteiger partial charge in [0.25, 0.3) is 11.8 Å². The van der Waals surface area contributed by atoms with Crippen LogP contribution in [0, 0.1) is 3.57 Å². The van der Waals surface area contributed by atoms with Crippen molar-refractivity contribution in [3.8, 4) is 0 Å². The Hall–Kier alpha value is -1.64. The van der Waals surface area contributed by atoms with Crippen molar-refractivity contribution in [2.45, 2.75) is 39.8 Å². The van der Waals surface area contributed by atoms with Crippen LogP contribution in [0.15, 0.2) is 24.3 Å². The van der Waals surface area contributed by atoms with Crippen molar-refractivity contribution >= 4 is 40.4 Å². The molecule has 132 valence electrons. The van der Waals surface area contributed by atoms with E-state index >= 15 is 0 Å². The molecule has 0 fully saturated rings. The predicted molar refractivity (Wildman–Crippen MR) is 99.6 cm³/mol. The Morgan fingerprint density at radius 3 is 2.25 bits per heavy atom. The summed E-state index contributed by atoms with van der Waals surface area (Å²) in [4.78, 5) is 37.5. The first-order valence-electron chi connectivity index (χ1n) is 7.73. The summed E-state index contributed by atoms with van der Waals surface area (Å²) in [6, 6.07) is 7.11. The van der Waals surface area contributed by atoms with E-state index in [-0.39, 0.29) is 37.0 Å². The number of esters is 1. The third-order valence-corrected chi connectivity index (χ3v) is 4.21. The maximum Gasteiger partial charge on any atom is 0.325 e. The molecule has 7 heteroatoms. The van der Waals surface area contributed by atoms with E-state index in [1.807, 2.05) is 33.8 Å². The minimum atomic E-state index is -0.643. The van der Waals surface area contributed by atoms with Gasteiger partial charge in [-0.25, -0.2) is 0 Å². The van der Waals surface area contributed by atoms with Crippen LogP contribution in [-0.4, -0.2) is 47.9 Å². The molecule has 1 aromatic carbocycles. The van der Waals surface area contributed by atoms with E-state index in [9.17, 15) is 14.4 Å². The van der Waals surface area contributed by atoms with Gasteiger partial charge in [0, 0.05) is 15.7 Å². The number of amides is 2. The average molecular weight is 446 g/mol. The summed E-state index contributed by atoms with van der Waals surface area (Å²) in [5.74, 6) is -1.25. The fourth-order valence-electron chi connectivity index (χ4n) is 2.33. The molecule has 0 unspecified atom stereocenters. The van der Waals surface area contributed by atoms with Gasteiger partial charge in [-0.2, -0.15) is 0 Å². The van der Waals surface area contributed by atoms with Gasteiger partial charge in [-0.1, -0.05) is 12.1 Å². The number of ether oxygens (including phenoxy) is 1. The van der Waals surface area contributed by atoms with E-state index in [1.165, 1.54) is 0 Å². The van der Waals surface area contributed by atoms with Gasteiger partial charge in [-0.3, -0.25) is 14.4 Å². The van der Waals surface area contributed by atoms with Crippen LogP contribution in [0.5, 0.6) is 0 Å². The summed E-state index contributed by atoms with van der Waals surface area (Å²) in [5.41, 5.74) is 0.493. The summed E-state index contributed by atoms with van der Waals surface area (Å²) in [6.45, 7) is 7.01. The van der Waals surface area contributed by atoms with Crippen molar-refractivity contribution in [2.75, 3.05) is 13.2 Å². The standard InChI is InChI=1S/C17H23IN2O4/c1-11(2)20(12(3)4)15(21)10-24-16(22)9-19-17(23)13-7-5-6-8-14(13)18/h5-8,11-12H,9-10H2,1-4H3,(H,19,23). The van der Waals surface area contributed by atoms with Crippen LogP contribution in [-0.2, 0) is 14.3 Å². The molecule has 1 aromatic rings. The minimum absolute atomic E-state index is 0.0241. The van der Waals surface area contributed by atoms with Gasteiger partial charge in [0.15, 0.2) is 6.61 Å². The highest BCUT2D eigenvalue weighted by molar-refractivity contribution is 14.1. The second-order valence-electron chi connectivity index (χ2n) is 5.81. The SMILES string of the molecule is CC(C)N(C(=O)COC(=O)CNC(=O)c1ccccc1I)C(C)C. The Kier molecular flexibility index (Phi) is 8.17. The van der Waals surface area contributed by atoms with Crippen LogP contribution < -0.4 is 5.32 Å². The summed E-state index contributed by atoms with van der Waals surface area (Å²) < 4.78 is 5.75. The van der Waals surface area contributed by atoms with E-state index in [2.05, 4.69) is 27.9 Å². The normalized spacial score (nSPS) is 10.6. The zero-order valence-electron chi connectivity index (χ0n) is 14.3. The molecule has 0 aromatic heterocycles. The molecule has 1 N–H and O–H groups in total.